The molecular formula is C24H26N2O4S2. The molecule has 2 aromatic rings. The second-order valence-electron chi connectivity index (χ2n) is 7.71. The van der Waals surface area contributed by atoms with Crippen molar-refractivity contribution < 1.29 is 19.1 Å². The molecule has 6 nitrogen and oxygen atoms in total. The molecule has 0 aliphatic carbocycles. The highest BCUT2D eigenvalue weighted by Crippen LogP contribution is 2.35. The Kier molecular flexibility index (Phi) is 7.58. The molecule has 2 amide bonds. The molecule has 0 radical (unpaired) electrons. The third-order valence-corrected chi connectivity index (χ3v) is 6.18. The van der Waals surface area contributed by atoms with Gasteiger partial charge in [-0.2, -0.15) is 0 Å². The van der Waals surface area contributed by atoms with Crippen molar-refractivity contribution in [2.45, 2.75) is 33.7 Å². The zero-order chi connectivity index (χ0) is 23.4. The van der Waals surface area contributed by atoms with Gasteiger partial charge in [0.2, 0.25) is 0 Å². The van der Waals surface area contributed by atoms with Crippen molar-refractivity contribution in [3.8, 4) is 11.5 Å². The molecule has 3 rings (SSSR count). The maximum absolute atomic E-state index is 12.6. The number of benzene rings is 2. The summed E-state index contributed by atoms with van der Waals surface area (Å²) >= 11 is 6.61. The number of nitrogens with one attached hydrogen (secondary N) is 1. The summed E-state index contributed by atoms with van der Waals surface area (Å²) in [5.74, 6) is 0.549. The van der Waals surface area contributed by atoms with Crippen LogP contribution in [-0.2, 0) is 9.59 Å². The molecule has 0 saturated carbocycles. The predicted molar refractivity (Wildman–Crippen MR) is 133 cm³/mol. The van der Waals surface area contributed by atoms with E-state index in [9.17, 15) is 9.59 Å². The lowest BCUT2D eigenvalue weighted by Crippen LogP contribution is -2.34. The smallest absolute Gasteiger partial charge is 0.266 e. The standard InChI is InChI=1S/C24H26N2O4S2/c1-14(2)26-23(28)21(32-24(26)31)12-17-8-9-19(20(11-17)29-5)30-13-22(27)25-18-10-15(3)6-7-16(18)4/h6-12,14H,13H2,1-5H3,(H,25,27)/b21-12-. The first-order chi connectivity index (χ1) is 15.2. The van der Waals surface area contributed by atoms with Gasteiger partial charge >= 0.3 is 0 Å². The number of aryl methyl sites for hydroxylation is 2. The average Bonchev–Trinajstić information content (AvgIpc) is 3.02. The first kappa shape index (κ1) is 23.8. The molecule has 1 aliphatic heterocycles. The van der Waals surface area contributed by atoms with Crippen molar-refractivity contribution in [2.24, 2.45) is 0 Å². The largest absolute Gasteiger partial charge is 0.493 e. The zero-order valence-electron chi connectivity index (χ0n) is 18.7. The van der Waals surface area contributed by atoms with Gasteiger partial charge in [0.1, 0.15) is 4.32 Å². The fraction of sp³-hybridized carbons (Fsp3) is 0.292. The summed E-state index contributed by atoms with van der Waals surface area (Å²) in [5, 5.41) is 2.87. The van der Waals surface area contributed by atoms with Crippen LogP contribution in [0.25, 0.3) is 6.08 Å². The Balaban J connectivity index is 1.69. The summed E-state index contributed by atoms with van der Waals surface area (Å²) in [4.78, 5) is 27.1. The minimum Gasteiger partial charge on any atom is -0.493 e. The number of carbonyl (C=O) groups is 2. The number of rotatable bonds is 7. The minimum atomic E-state index is -0.262. The Labute approximate surface area is 198 Å². The van der Waals surface area contributed by atoms with Crippen LogP contribution < -0.4 is 14.8 Å². The number of thiocarbonyl (C=S) groups is 1. The van der Waals surface area contributed by atoms with Crippen molar-refractivity contribution in [3.05, 3.63) is 58.0 Å². The van der Waals surface area contributed by atoms with Gasteiger partial charge in [-0.25, -0.2) is 0 Å². The fourth-order valence-electron chi connectivity index (χ4n) is 3.17. The highest BCUT2D eigenvalue weighted by Gasteiger charge is 2.33. The van der Waals surface area contributed by atoms with Gasteiger partial charge in [-0.3, -0.25) is 14.5 Å². The maximum atomic E-state index is 12.6. The molecule has 1 N–H and O–H groups in total. The zero-order valence-corrected chi connectivity index (χ0v) is 20.4. The van der Waals surface area contributed by atoms with E-state index in [1.165, 1.54) is 18.9 Å². The van der Waals surface area contributed by atoms with Crippen LogP contribution in [-0.4, -0.2) is 40.8 Å². The van der Waals surface area contributed by atoms with Crippen molar-refractivity contribution in [1.29, 1.82) is 0 Å². The Morgan fingerprint density at radius 2 is 1.94 bits per heavy atom. The van der Waals surface area contributed by atoms with E-state index in [2.05, 4.69) is 5.32 Å². The van der Waals surface area contributed by atoms with Crippen molar-refractivity contribution in [2.75, 3.05) is 19.0 Å². The van der Waals surface area contributed by atoms with Gasteiger partial charge in [0.15, 0.2) is 18.1 Å². The molecule has 0 spiro atoms. The third-order valence-electron chi connectivity index (χ3n) is 4.85. The van der Waals surface area contributed by atoms with Gasteiger partial charge in [-0.1, -0.05) is 42.2 Å². The SMILES string of the molecule is COc1cc(/C=C2\SC(=S)N(C(C)C)C2=O)ccc1OCC(=O)Nc1cc(C)ccc1C. The van der Waals surface area contributed by atoms with Crippen molar-refractivity contribution in [1.82, 2.24) is 4.90 Å². The van der Waals surface area contributed by atoms with E-state index < -0.39 is 0 Å². The fourth-order valence-corrected chi connectivity index (χ4v) is 4.69. The average molecular weight is 471 g/mol. The molecule has 1 heterocycles. The van der Waals surface area contributed by atoms with E-state index in [1.54, 1.807) is 23.1 Å². The lowest BCUT2D eigenvalue weighted by molar-refractivity contribution is -0.123. The van der Waals surface area contributed by atoms with E-state index >= 15 is 0 Å². The van der Waals surface area contributed by atoms with Crippen LogP contribution in [0.4, 0.5) is 5.69 Å². The van der Waals surface area contributed by atoms with E-state index in [1.807, 2.05) is 52.0 Å². The van der Waals surface area contributed by atoms with Gasteiger partial charge in [0.25, 0.3) is 11.8 Å². The molecule has 8 heteroatoms. The lowest BCUT2D eigenvalue weighted by atomic mass is 10.1. The number of methoxy groups -OCH3 is 1. The highest BCUT2D eigenvalue weighted by atomic mass is 32.2. The summed E-state index contributed by atoms with van der Waals surface area (Å²) in [6.45, 7) is 7.61. The van der Waals surface area contributed by atoms with E-state index in [0.717, 1.165) is 22.4 Å². The highest BCUT2D eigenvalue weighted by molar-refractivity contribution is 8.26. The molecule has 0 aromatic heterocycles. The molecular weight excluding hydrogens is 444 g/mol. The second kappa shape index (κ2) is 10.2. The van der Waals surface area contributed by atoms with E-state index in [4.69, 9.17) is 21.7 Å². The molecule has 0 bridgehead atoms. The monoisotopic (exact) mass is 470 g/mol. The summed E-state index contributed by atoms with van der Waals surface area (Å²) in [5.41, 5.74) is 3.58. The van der Waals surface area contributed by atoms with Crippen LogP contribution in [0.1, 0.15) is 30.5 Å². The summed E-state index contributed by atoms with van der Waals surface area (Å²) in [6.07, 6.45) is 1.78. The van der Waals surface area contributed by atoms with E-state index in [-0.39, 0.29) is 24.5 Å². The molecule has 1 saturated heterocycles. The number of hydrogen-bond acceptors (Lipinski definition) is 6. The number of hydrogen-bond donors (Lipinski definition) is 1. The molecule has 32 heavy (non-hydrogen) atoms. The van der Waals surface area contributed by atoms with Crippen molar-refractivity contribution >= 4 is 51.9 Å². The minimum absolute atomic E-state index is 0.00782. The predicted octanol–water partition coefficient (Wildman–Crippen LogP) is 4.94. The molecule has 2 aromatic carbocycles. The number of amides is 2. The summed E-state index contributed by atoms with van der Waals surface area (Å²) in [7, 11) is 1.53. The first-order valence-corrected chi connectivity index (χ1v) is 11.4. The van der Waals surface area contributed by atoms with Crippen LogP contribution in [0.2, 0.25) is 0 Å². The Morgan fingerprint density at radius 1 is 1.19 bits per heavy atom. The summed E-state index contributed by atoms with van der Waals surface area (Å²) in [6, 6.07) is 11.2. The number of carbonyl (C=O) groups excluding carboxylic acids is 2. The summed E-state index contributed by atoms with van der Waals surface area (Å²) < 4.78 is 11.7. The van der Waals surface area contributed by atoms with Crippen LogP contribution in [0.5, 0.6) is 11.5 Å². The van der Waals surface area contributed by atoms with Crippen LogP contribution in [0.3, 0.4) is 0 Å². The maximum Gasteiger partial charge on any atom is 0.266 e. The van der Waals surface area contributed by atoms with Gasteiger partial charge in [-0.05, 0) is 68.7 Å². The Bertz CT molecular complexity index is 1100. The Morgan fingerprint density at radius 3 is 2.59 bits per heavy atom. The van der Waals surface area contributed by atoms with Crippen LogP contribution in [0, 0.1) is 13.8 Å². The molecule has 168 valence electrons. The molecule has 0 unspecified atom stereocenters. The van der Waals surface area contributed by atoms with Crippen LogP contribution >= 0.6 is 24.0 Å². The van der Waals surface area contributed by atoms with E-state index in [0.29, 0.717) is 20.7 Å². The first-order valence-electron chi connectivity index (χ1n) is 10.1. The van der Waals surface area contributed by atoms with Crippen molar-refractivity contribution in [3.63, 3.8) is 0 Å². The Hall–Kier alpha value is -2.84. The number of thioether (sulfide) groups is 1. The normalized spacial score (nSPS) is 14.9. The molecule has 1 aliphatic rings. The third kappa shape index (κ3) is 5.49. The van der Waals surface area contributed by atoms with Gasteiger partial charge in [0, 0.05) is 11.7 Å². The van der Waals surface area contributed by atoms with Gasteiger partial charge < -0.3 is 14.8 Å². The number of anilines is 1. The second-order valence-corrected chi connectivity index (χ2v) is 9.39. The van der Waals surface area contributed by atoms with Gasteiger partial charge in [0.05, 0.1) is 12.0 Å². The lowest BCUT2D eigenvalue weighted by Gasteiger charge is -2.18. The quantitative estimate of drug-likeness (QED) is 0.457. The molecule has 0 atom stereocenters. The number of ether oxygens (including phenoxy) is 2. The topological polar surface area (TPSA) is 67.9 Å². The molecule has 1 fully saturated rings. The van der Waals surface area contributed by atoms with Crippen LogP contribution in [0.15, 0.2) is 41.3 Å². The number of nitrogens with zero attached hydrogens (tertiary/aromatic N) is 1. The van der Waals surface area contributed by atoms with Gasteiger partial charge in [-0.15, -0.1) is 0 Å².